The number of amides is 2. The van der Waals surface area contributed by atoms with Gasteiger partial charge in [-0.25, -0.2) is 12.8 Å². The lowest BCUT2D eigenvalue weighted by atomic mass is 10.1. The van der Waals surface area contributed by atoms with Gasteiger partial charge in [0.2, 0.25) is 11.8 Å². The molecule has 39 heavy (non-hydrogen) atoms. The van der Waals surface area contributed by atoms with Crippen LogP contribution in [0, 0.1) is 5.82 Å². The number of carbonyl (C=O) groups excluding carboxylic acids is 2. The van der Waals surface area contributed by atoms with Crippen molar-refractivity contribution in [2.24, 2.45) is 0 Å². The van der Waals surface area contributed by atoms with Gasteiger partial charge in [0.15, 0.2) is 0 Å². The topological polar surface area (TPSA) is 105 Å². The van der Waals surface area contributed by atoms with Crippen LogP contribution in [-0.4, -0.2) is 59.0 Å². The van der Waals surface area contributed by atoms with E-state index in [0.29, 0.717) is 17.9 Å². The second-order valence-corrected chi connectivity index (χ2v) is 10.4. The summed E-state index contributed by atoms with van der Waals surface area (Å²) in [5.74, 6) is -0.463. The van der Waals surface area contributed by atoms with Gasteiger partial charge >= 0.3 is 0 Å². The molecule has 11 heteroatoms. The van der Waals surface area contributed by atoms with Crippen LogP contribution in [0.25, 0.3) is 0 Å². The van der Waals surface area contributed by atoms with Crippen molar-refractivity contribution in [2.45, 2.75) is 30.8 Å². The summed E-state index contributed by atoms with van der Waals surface area (Å²) in [4.78, 5) is 27.8. The number of nitrogens with zero attached hydrogens (tertiary/aromatic N) is 2. The van der Waals surface area contributed by atoms with Gasteiger partial charge in [-0.3, -0.25) is 13.9 Å². The van der Waals surface area contributed by atoms with Gasteiger partial charge in [-0.15, -0.1) is 0 Å². The van der Waals surface area contributed by atoms with Crippen molar-refractivity contribution in [3.05, 3.63) is 84.2 Å². The van der Waals surface area contributed by atoms with Crippen molar-refractivity contribution in [1.82, 2.24) is 10.2 Å². The molecule has 0 radical (unpaired) electrons. The molecule has 0 aromatic heterocycles. The average molecular weight is 558 g/mol. The first-order valence-corrected chi connectivity index (χ1v) is 13.6. The zero-order chi connectivity index (χ0) is 28.6. The van der Waals surface area contributed by atoms with Crippen molar-refractivity contribution in [2.75, 3.05) is 32.1 Å². The quantitative estimate of drug-likeness (QED) is 0.365. The summed E-state index contributed by atoms with van der Waals surface area (Å²) < 4.78 is 52.5. The maximum absolute atomic E-state index is 13.8. The van der Waals surface area contributed by atoms with Gasteiger partial charge in [0.05, 0.1) is 24.8 Å². The minimum absolute atomic E-state index is 0.0502. The largest absolute Gasteiger partial charge is 0.497 e. The van der Waals surface area contributed by atoms with Crippen molar-refractivity contribution in [3.8, 4) is 11.5 Å². The number of hydrogen-bond donors (Lipinski definition) is 1. The fourth-order valence-corrected chi connectivity index (χ4v) is 5.44. The molecule has 0 bridgehead atoms. The van der Waals surface area contributed by atoms with Crippen molar-refractivity contribution >= 4 is 27.5 Å². The first kappa shape index (κ1) is 29.4. The second-order valence-electron chi connectivity index (χ2n) is 8.57. The summed E-state index contributed by atoms with van der Waals surface area (Å²) in [5.41, 5.74) is 0.816. The van der Waals surface area contributed by atoms with E-state index < -0.39 is 34.3 Å². The van der Waals surface area contributed by atoms with E-state index in [0.717, 1.165) is 22.0 Å². The van der Waals surface area contributed by atoms with Crippen molar-refractivity contribution in [1.29, 1.82) is 0 Å². The van der Waals surface area contributed by atoms with Crippen molar-refractivity contribution < 1.29 is 31.9 Å². The number of hydrogen-bond acceptors (Lipinski definition) is 6. The van der Waals surface area contributed by atoms with Crippen LogP contribution in [0.3, 0.4) is 0 Å². The zero-order valence-electron chi connectivity index (χ0n) is 22.3. The first-order valence-electron chi connectivity index (χ1n) is 12.2. The third kappa shape index (κ3) is 7.05. The monoisotopic (exact) mass is 557 g/mol. The summed E-state index contributed by atoms with van der Waals surface area (Å²) in [6.45, 7) is 1.19. The summed E-state index contributed by atoms with van der Waals surface area (Å²) in [7, 11) is 0.200. The first-order chi connectivity index (χ1) is 18.6. The number of ether oxygens (including phenoxy) is 2. The number of carbonyl (C=O) groups is 2. The fourth-order valence-electron chi connectivity index (χ4n) is 4.02. The van der Waals surface area contributed by atoms with Crippen LogP contribution in [0.15, 0.2) is 77.7 Å². The number of sulfonamides is 1. The Hall–Kier alpha value is -4.12. The minimum atomic E-state index is -4.27. The molecule has 3 rings (SSSR count). The van der Waals surface area contributed by atoms with Crippen LogP contribution >= 0.6 is 0 Å². The summed E-state index contributed by atoms with van der Waals surface area (Å²) in [6, 6.07) is 16.7. The third-order valence-electron chi connectivity index (χ3n) is 6.19. The van der Waals surface area contributed by atoms with Gasteiger partial charge in [0, 0.05) is 13.6 Å². The molecule has 0 saturated carbocycles. The molecule has 1 atom stereocenters. The number of anilines is 1. The highest BCUT2D eigenvalue weighted by atomic mass is 32.2. The molecule has 9 nitrogen and oxygen atoms in total. The van der Waals surface area contributed by atoms with E-state index in [2.05, 4.69) is 5.32 Å². The Morgan fingerprint density at radius 1 is 0.897 bits per heavy atom. The molecule has 3 aromatic rings. The Bertz CT molecular complexity index is 1360. The van der Waals surface area contributed by atoms with Crippen LogP contribution in [0.2, 0.25) is 0 Å². The average Bonchev–Trinajstić information content (AvgIpc) is 2.96. The third-order valence-corrected chi connectivity index (χ3v) is 7.97. The molecule has 0 aliphatic carbocycles. The van der Waals surface area contributed by atoms with E-state index in [1.54, 1.807) is 31.2 Å². The summed E-state index contributed by atoms with van der Waals surface area (Å²) in [5, 5.41) is 2.58. The highest BCUT2D eigenvalue weighted by Crippen LogP contribution is 2.26. The molecule has 0 saturated heterocycles. The van der Waals surface area contributed by atoms with Gasteiger partial charge in [0.1, 0.15) is 29.9 Å². The molecule has 0 heterocycles. The molecule has 3 aromatic carbocycles. The lowest BCUT2D eigenvalue weighted by Gasteiger charge is -2.33. The van der Waals surface area contributed by atoms with Crippen LogP contribution in [0.1, 0.15) is 18.9 Å². The Labute approximate surface area is 228 Å². The molecule has 0 aliphatic rings. The lowest BCUT2D eigenvalue weighted by Crippen LogP contribution is -2.51. The lowest BCUT2D eigenvalue weighted by molar-refractivity contribution is -0.140. The van der Waals surface area contributed by atoms with E-state index in [4.69, 9.17) is 9.47 Å². The molecule has 0 spiro atoms. The van der Waals surface area contributed by atoms with Crippen molar-refractivity contribution in [3.63, 3.8) is 0 Å². The van der Waals surface area contributed by atoms with Gasteiger partial charge in [-0.1, -0.05) is 19.1 Å². The van der Waals surface area contributed by atoms with Crippen LogP contribution < -0.4 is 19.1 Å². The molecular formula is C28H32FN3O6S. The fraction of sp³-hybridized carbons (Fsp3) is 0.286. The van der Waals surface area contributed by atoms with Crippen LogP contribution in [0.5, 0.6) is 11.5 Å². The van der Waals surface area contributed by atoms with Gasteiger partial charge in [0.25, 0.3) is 10.0 Å². The standard InChI is InChI=1S/C28H32FN3O6S/c1-5-26(28(34)30-2)31(18-20-6-12-23(37-3)13-7-20)27(33)19-32(22-10-8-21(29)9-11-22)39(35,36)25-16-14-24(38-4)15-17-25/h6-17,26H,5,18-19H2,1-4H3,(H,30,34). The smallest absolute Gasteiger partial charge is 0.264 e. The molecule has 1 N–H and O–H groups in total. The van der Waals surface area contributed by atoms with E-state index in [1.807, 2.05) is 0 Å². The van der Waals surface area contributed by atoms with E-state index in [-0.39, 0.29) is 23.0 Å². The van der Waals surface area contributed by atoms with Crippen LogP contribution in [-0.2, 0) is 26.2 Å². The van der Waals surface area contributed by atoms with E-state index in [1.165, 1.54) is 62.6 Å². The molecule has 0 fully saturated rings. The Balaban J connectivity index is 2.04. The molecule has 0 aliphatic heterocycles. The number of likely N-dealkylation sites (N-methyl/N-ethyl adjacent to an activating group) is 1. The normalized spacial score (nSPS) is 11.8. The predicted molar refractivity (Wildman–Crippen MR) is 146 cm³/mol. The zero-order valence-corrected chi connectivity index (χ0v) is 23.1. The maximum Gasteiger partial charge on any atom is 0.264 e. The van der Waals surface area contributed by atoms with Gasteiger partial charge in [-0.05, 0) is 72.6 Å². The number of methoxy groups -OCH3 is 2. The summed E-state index contributed by atoms with van der Waals surface area (Å²) in [6.07, 6.45) is 0.295. The minimum Gasteiger partial charge on any atom is -0.497 e. The van der Waals surface area contributed by atoms with Gasteiger partial charge < -0.3 is 19.7 Å². The highest BCUT2D eigenvalue weighted by Gasteiger charge is 2.33. The Morgan fingerprint density at radius 2 is 1.44 bits per heavy atom. The van der Waals surface area contributed by atoms with Gasteiger partial charge in [-0.2, -0.15) is 0 Å². The predicted octanol–water partition coefficient (Wildman–Crippen LogP) is 3.59. The Morgan fingerprint density at radius 3 is 1.92 bits per heavy atom. The molecular weight excluding hydrogens is 525 g/mol. The molecule has 208 valence electrons. The molecule has 2 amide bonds. The number of rotatable bonds is 12. The SMILES string of the molecule is CCC(C(=O)NC)N(Cc1ccc(OC)cc1)C(=O)CN(c1ccc(F)cc1)S(=O)(=O)c1ccc(OC)cc1. The highest BCUT2D eigenvalue weighted by molar-refractivity contribution is 7.92. The van der Waals surface area contributed by atoms with E-state index in [9.17, 15) is 22.4 Å². The number of halogens is 1. The van der Waals surface area contributed by atoms with Crippen LogP contribution in [0.4, 0.5) is 10.1 Å². The number of benzene rings is 3. The van der Waals surface area contributed by atoms with E-state index >= 15 is 0 Å². The maximum atomic E-state index is 13.8. The Kier molecular flexibility index (Phi) is 9.89. The molecule has 1 unspecified atom stereocenters. The summed E-state index contributed by atoms with van der Waals surface area (Å²) >= 11 is 0. The second kappa shape index (κ2) is 13.1. The number of nitrogens with one attached hydrogen (secondary N) is 1.